The molecule has 1 saturated carbocycles. The van der Waals surface area contributed by atoms with Gasteiger partial charge >= 0.3 is 0 Å². The minimum absolute atomic E-state index is 0.280. The Labute approximate surface area is 94.0 Å². The average Bonchev–Trinajstić information content (AvgIpc) is 2.20. The van der Waals surface area contributed by atoms with E-state index >= 15 is 0 Å². The SMILES string of the molecule is CCOC(CC)(CC)C(O)CC1CCC1. The van der Waals surface area contributed by atoms with Gasteiger partial charge in [-0.3, -0.25) is 0 Å². The largest absolute Gasteiger partial charge is 0.390 e. The molecule has 1 fully saturated rings. The van der Waals surface area contributed by atoms with Crippen LogP contribution in [0.15, 0.2) is 0 Å². The van der Waals surface area contributed by atoms with Crippen LogP contribution in [0.4, 0.5) is 0 Å². The molecular weight excluding hydrogens is 188 g/mol. The highest BCUT2D eigenvalue weighted by Crippen LogP contribution is 2.35. The second-order valence-corrected chi connectivity index (χ2v) is 4.75. The van der Waals surface area contributed by atoms with Crippen LogP contribution in [0, 0.1) is 5.92 Å². The molecule has 0 spiro atoms. The molecule has 90 valence electrons. The first-order valence-electron chi connectivity index (χ1n) is 6.50. The van der Waals surface area contributed by atoms with E-state index in [-0.39, 0.29) is 11.7 Å². The van der Waals surface area contributed by atoms with Crippen LogP contribution < -0.4 is 0 Å². The lowest BCUT2D eigenvalue weighted by molar-refractivity contribution is -0.133. The third-order valence-corrected chi connectivity index (χ3v) is 4.02. The highest BCUT2D eigenvalue weighted by atomic mass is 16.5. The van der Waals surface area contributed by atoms with E-state index in [2.05, 4.69) is 13.8 Å². The van der Waals surface area contributed by atoms with Crippen LogP contribution in [0.25, 0.3) is 0 Å². The quantitative estimate of drug-likeness (QED) is 0.705. The average molecular weight is 214 g/mol. The highest BCUT2D eigenvalue weighted by Gasteiger charge is 2.37. The van der Waals surface area contributed by atoms with Crippen molar-refractivity contribution in [1.82, 2.24) is 0 Å². The van der Waals surface area contributed by atoms with Gasteiger partial charge in [0.1, 0.15) is 0 Å². The molecule has 0 aromatic rings. The Kier molecular flexibility index (Phi) is 5.07. The number of aliphatic hydroxyl groups excluding tert-OH is 1. The Bertz CT molecular complexity index is 171. The molecule has 1 aliphatic carbocycles. The van der Waals surface area contributed by atoms with Gasteiger partial charge in [0, 0.05) is 6.61 Å². The minimum Gasteiger partial charge on any atom is -0.390 e. The van der Waals surface area contributed by atoms with E-state index in [0.717, 1.165) is 25.2 Å². The smallest absolute Gasteiger partial charge is 0.0934 e. The predicted octanol–water partition coefficient (Wildman–Crippen LogP) is 3.13. The molecule has 0 bridgehead atoms. The highest BCUT2D eigenvalue weighted by molar-refractivity contribution is 4.89. The zero-order chi connectivity index (χ0) is 11.3. The molecule has 0 radical (unpaired) electrons. The van der Waals surface area contributed by atoms with E-state index in [1.807, 2.05) is 6.92 Å². The number of aliphatic hydroxyl groups is 1. The van der Waals surface area contributed by atoms with Gasteiger partial charge in [0.25, 0.3) is 0 Å². The van der Waals surface area contributed by atoms with Crippen molar-refractivity contribution in [1.29, 1.82) is 0 Å². The summed E-state index contributed by atoms with van der Waals surface area (Å²) >= 11 is 0. The fourth-order valence-electron chi connectivity index (χ4n) is 2.57. The summed E-state index contributed by atoms with van der Waals surface area (Å²) in [6.45, 7) is 6.94. The Balaban J connectivity index is 2.51. The van der Waals surface area contributed by atoms with Crippen molar-refractivity contribution in [3.05, 3.63) is 0 Å². The van der Waals surface area contributed by atoms with Crippen molar-refractivity contribution in [3.63, 3.8) is 0 Å². The Hall–Kier alpha value is -0.0800. The van der Waals surface area contributed by atoms with Gasteiger partial charge in [-0.25, -0.2) is 0 Å². The van der Waals surface area contributed by atoms with E-state index in [1.165, 1.54) is 19.3 Å². The summed E-state index contributed by atoms with van der Waals surface area (Å²) in [5.74, 6) is 0.748. The van der Waals surface area contributed by atoms with Crippen molar-refractivity contribution in [2.75, 3.05) is 6.61 Å². The van der Waals surface area contributed by atoms with E-state index in [4.69, 9.17) is 4.74 Å². The molecule has 0 heterocycles. The first-order chi connectivity index (χ1) is 7.18. The Morgan fingerprint density at radius 1 is 1.27 bits per heavy atom. The van der Waals surface area contributed by atoms with Gasteiger partial charge in [0.2, 0.25) is 0 Å². The van der Waals surface area contributed by atoms with Gasteiger partial charge in [-0.1, -0.05) is 33.1 Å². The Morgan fingerprint density at radius 3 is 2.20 bits per heavy atom. The molecule has 0 aromatic heterocycles. The lowest BCUT2D eigenvalue weighted by Crippen LogP contribution is -2.45. The molecule has 1 aliphatic rings. The molecule has 1 atom stereocenters. The first-order valence-corrected chi connectivity index (χ1v) is 6.50. The van der Waals surface area contributed by atoms with Crippen molar-refractivity contribution in [2.24, 2.45) is 5.92 Å². The molecule has 1 unspecified atom stereocenters. The van der Waals surface area contributed by atoms with Crippen molar-refractivity contribution < 1.29 is 9.84 Å². The fraction of sp³-hybridized carbons (Fsp3) is 1.00. The molecule has 15 heavy (non-hydrogen) atoms. The summed E-state index contributed by atoms with van der Waals surface area (Å²) in [5, 5.41) is 10.3. The number of ether oxygens (including phenoxy) is 1. The molecule has 0 aliphatic heterocycles. The molecular formula is C13H26O2. The molecule has 1 rings (SSSR count). The predicted molar refractivity (Wildman–Crippen MR) is 62.9 cm³/mol. The standard InChI is InChI=1S/C13H26O2/c1-4-13(5-2,15-6-3)12(14)10-11-8-7-9-11/h11-12,14H,4-10H2,1-3H3. The normalized spacial score (nSPS) is 20.0. The summed E-state index contributed by atoms with van der Waals surface area (Å²) < 4.78 is 5.81. The van der Waals surface area contributed by atoms with Gasteiger partial charge < -0.3 is 9.84 Å². The maximum atomic E-state index is 10.3. The maximum Gasteiger partial charge on any atom is 0.0934 e. The van der Waals surface area contributed by atoms with Crippen LogP contribution in [-0.4, -0.2) is 23.4 Å². The van der Waals surface area contributed by atoms with Crippen molar-refractivity contribution in [3.8, 4) is 0 Å². The summed E-state index contributed by atoms with van der Waals surface area (Å²) in [6, 6.07) is 0. The molecule has 2 heteroatoms. The molecule has 0 saturated heterocycles. The maximum absolute atomic E-state index is 10.3. The second-order valence-electron chi connectivity index (χ2n) is 4.75. The van der Waals surface area contributed by atoms with Crippen LogP contribution in [0.1, 0.15) is 59.3 Å². The van der Waals surface area contributed by atoms with Crippen LogP contribution in [0.2, 0.25) is 0 Å². The zero-order valence-electron chi connectivity index (χ0n) is 10.5. The molecule has 0 aromatic carbocycles. The van der Waals surface area contributed by atoms with Gasteiger partial charge in [-0.15, -0.1) is 0 Å². The van der Waals surface area contributed by atoms with Crippen LogP contribution in [-0.2, 0) is 4.74 Å². The van der Waals surface area contributed by atoms with Crippen molar-refractivity contribution in [2.45, 2.75) is 71.0 Å². The number of hydrogen-bond donors (Lipinski definition) is 1. The van der Waals surface area contributed by atoms with Gasteiger partial charge in [0.15, 0.2) is 0 Å². The van der Waals surface area contributed by atoms with E-state index < -0.39 is 0 Å². The van der Waals surface area contributed by atoms with Crippen molar-refractivity contribution >= 4 is 0 Å². The van der Waals surface area contributed by atoms with Crippen LogP contribution in [0.3, 0.4) is 0 Å². The topological polar surface area (TPSA) is 29.5 Å². The summed E-state index contributed by atoms with van der Waals surface area (Å²) in [7, 11) is 0. The lowest BCUT2D eigenvalue weighted by atomic mass is 9.76. The van der Waals surface area contributed by atoms with Crippen LogP contribution >= 0.6 is 0 Å². The van der Waals surface area contributed by atoms with Gasteiger partial charge in [-0.05, 0) is 32.1 Å². The Morgan fingerprint density at radius 2 is 1.87 bits per heavy atom. The second kappa shape index (κ2) is 5.86. The monoisotopic (exact) mass is 214 g/mol. The third-order valence-electron chi connectivity index (χ3n) is 4.02. The van der Waals surface area contributed by atoms with E-state index in [1.54, 1.807) is 0 Å². The van der Waals surface area contributed by atoms with Gasteiger partial charge in [-0.2, -0.15) is 0 Å². The lowest BCUT2D eigenvalue weighted by Gasteiger charge is -2.39. The summed E-state index contributed by atoms with van der Waals surface area (Å²) in [6.07, 6.45) is 6.41. The first kappa shape index (κ1) is 13.0. The molecule has 0 amide bonds. The summed E-state index contributed by atoms with van der Waals surface area (Å²) in [4.78, 5) is 0. The fourth-order valence-corrected chi connectivity index (χ4v) is 2.57. The minimum atomic E-state index is -0.287. The molecule has 1 N–H and O–H groups in total. The van der Waals surface area contributed by atoms with Crippen LogP contribution in [0.5, 0.6) is 0 Å². The van der Waals surface area contributed by atoms with E-state index in [0.29, 0.717) is 6.61 Å². The zero-order valence-corrected chi connectivity index (χ0v) is 10.5. The number of hydrogen-bond acceptors (Lipinski definition) is 2. The summed E-state index contributed by atoms with van der Waals surface area (Å²) in [5.41, 5.74) is -0.287. The van der Waals surface area contributed by atoms with E-state index in [9.17, 15) is 5.11 Å². The van der Waals surface area contributed by atoms with Gasteiger partial charge in [0.05, 0.1) is 11.7 Å². The molecule has 2 nitrogen and oxygen atoms in total. The third kappa shape index (κ3) is 2.94. The number of rotatable bonds is 7.